The van der Waals surface area contributed by atoms with Gasteiger partial charge in [-0.15, -0.1) is 0 Å². The summed E-state index contributed by atoms with van der Waals surface area (Å²) < 4.78 is 2.10. The standard InChI is InChI=1S/C22H23N5O/c1-26(16-20-9-5-8-19(14-20)15-23)22(28)25-11-10-21-24-12-13-27(21)17-18-6-3-2-4-7-18/h2-9,12-14H,10-11,16-17H2,1H3,(H,25,28). The second kappa shape index (κ2) is 9.38. The molecular weight excluding hydrogens is 350 g/mol. The highest BCUT2D eigenvalue weighted by molar-refractivity contribution is 5.73. The molecule has 2 amide bonds. The number of hydrogen-bond acceptors (Lipinski definition) is 3. The minimum Gasteiger partial charge on any atom is -0.338 e. The van der Waals surface area contributed by atoms with Crippen LogP contribution in [0, 0.1) is 11.3 Å². The fourth-order valence-corrected chi connectivity index (χ4v) is 2.99. The first kappa shape index (κ1) is 19.2. The average Bonchev–Trinajstić information content (AvgIpc) is 3.15. The number of imidazole rings is 1. The fraction of sp³-hybridized carbons (Fsp3) is 0.227. The molecule has 0 fully saturated rings. The number of rotatable bonds is 7. The molecule has 6 nitrogen and oxygen atoms in total. The van der Waals surface area contributed by atoms with Crippen molar-refractivity contribution in [3.05, 3.63) is 89.5 Å². The number of nitrogens with one attached hydrogen (secondary N) is 1. The van der Waals surface area contributed by atoms with Gasteiger partial charge in [-0.2, -0.15) is 5.26 Å². The van der Waals surface area contributed by atoms with Crippen LogP contribution in [0.15, 0.2) is 67.0 Å². The van der Waals surface area contributed by atoms with Gasteiger partial charge in [0, 0.05) is 45.5 Å². The molecule has 0 bridgehead atoms. The van der Waals surface area contributed by atoms with Gasteiger partial charge in [0.1, 0.15) is 5.82 Å². The molecule has 2 aromatic carbocycles. The highest BCUT2D eigenvalue weighted by atomic mass is 16.2. The minimum absolute atomic E-state index is 0.150. The van der Waals surface area contributed by atoms with E-state index in [-0.39, 0.29) is 6.03 Å². The molecule has 1 aromatic heterocycles. The van der Waals surface area contributed by atoms with E-state index in [0.29, 0.717) is 25.1 Å². The third kappa shape index (κ3) is 5.21. The molecule has 0 saturated heterocycles. The summed E-state index contributed by atoms with van der Waals surface area (Å²) >= 11 is 0. The van der Waals surface area contributed by atoms with Gasteiger partial charge in [-0.05, 0) is 23.3 Å². The molecule has 0 aliphatic heterocycles. The molecule has 0 aliphatic rings. The van der Waals surface area contributed by atoms with Gasteiger partial charge in [0.2, 0.25) is 0 Å². The van der Waals surface area contributed by atoms with E-state index < -0.39 is 0 Å². The molecule has 3 aromatic rings. The zero-order chi connectivity index (χ0) is 19.8. The van der Waals surface area contributed by atoms with Crippen LogP contribution in [-0.4, -0.2) is 34.1 Å². The van der Waals surface area contributed by atoms with E-state index in [2.05, 4.69) is 33.1 Å². The smallest absolute Gasteiger partial charge is 0.317 e. The summed E-state index contributed by atoms with van der Waals surface area (Å²) in [6.07, 6.45) is 4.40. The third-order valence-electron chi connectivity index (χ3n) is 4.44. The molecule has 28 heavy (non-hydrogen) atoms. The zero-order valence-corrected chi connectivity index (χ0v) is 15.9. The van der Waals surface area contributed by atoms with Crippen LogP contribution in [0.5, 0.6) is 0 Å². The van der Waals surface area contributed by atoms with Crippen molar-refractivity contribution in [2.75, 3.05) is 13.6 Å². The number of aromatic nitrogens is 2. The number of amides is 2. The summed E-state index contributed by atoms with van der Waals surface area (Å²) in [5.74, 6) is 0.938. The van der Waals surface area contributed by atoms with Crippen molar-refractivity contribution in [1.29, 1.82) is 5.26 Å². The Hall–Kier alpha value is -3.59. The topological polar surface area (TPSA) is 74.0 Å². The van der Waals surface area contributed by atoms with E-state index in [1.807, 2.05) is 36.5 Å². The Kier molecular flexibility index (Phi) is 6.42. The molecule has 6 heteroatoms. The van der Waals surface area contributed by atoms with E-state index in [0.717, 1.165) is 17.9 Å². The van der Waals surface area contributed by atoms with Crippen molar-refractivity contribution in [1.82, 2.24) is 19.8 Å². The predicted molar refractivity (Wildman–Crippen MR) is 107 cm³/mol. The molecule has 0 radical (unpaired) electrons. The molecule has 1 N–H and O–H groups in total. The van der Waals surface area contributed by atoms with Gasteiger partial charge in [-0.25, -0.2) is 9.78 Å². The lowest BCUT2D eigenvalue weighted by Gasteiger charge is -2.18. The van der Waals surface area contributed by atoms with E-state index in [1.54, 1.807) is 30.3 Å². The van der Waals surface area contributed by atoms with Crippen LogP contribution in [0.3, 0.4) is 0 Å². The highest BCUT2D eigenvalue weighted by Gasteiger charge is 2.10. The van der Waals surface area contributed by atoms with Gasteiger partial charge < -0.3 is 14.8 Å². The molecule has 0 saturated carbocycles. The SMILES string of the molecule is CN(Cc1cccc(C#N)c1)C(=O)NCCc1nccn1Cc1ccccc1. The Morgan fingerprint density at radius 2 is 1.96 bits per heavy atom. The normalized spacial score (nSPS) is 10.3. The lowest BCUT2D eigenvalue weighted by molar-refractivity contribution is 0.207. The summed E-state index contributed by atoms with van der Waals surface area (Å²) in [5, 5.41) is 11.9. The van der Waals surface area contributed by atoms with Crippen LogP contribution in [-0.2, 0) is 19.5 Å². The summed E-state index contributed by atoms with van der Waals surface area (Å²) in [4.78, 5) is 18.3. The Morgan fingerprint density at radius 1 is 1.18 bits per heavy atom. The number of hydrogen-bond donors (Lipinski definition) is 1. The summed E-state index contributed by atoms with van der Waals surface area (Å²) in [5.41, 5.74) is 2.73. The van der Waals surface area contributed by atoms with Crippen molar-refractivity contribution < 1.29 is 4.79 Å². The van der Waals surface area contributed by atoms with Gasteiger partial charge in [0.15, 0.2) is 0 Å². The van der Waals surface area contributed by atoms with Crippen molar-refractivity contribution >= 4 is 6.03 Å². The van der Waals surface area contributed by atoms with E-state index in [4.69, 9.17) is 5.26 Å². The molecular formula is C22H23N5O. The molecule has 0 aliphatic carbocycles. The van der Waals surface area contributed by atoms with Crippen LogP contribution in [0.1, 0.15) is 22.5 Å². The number of urea groups is 1. The number of carbonyl (C=O) groups is 1. The number of nitriles is 1. The monoisotopic (exact) mass is 373 g/mol. The number of carbonyl (C=O) groups excluding carboxylic acids is 1. The quantitative estimate of drug-likeness (QED) is 0.691. The number of benzene rings is 2. The van der Waals surface area contributed by atoms with Crippen molar-refractivity contribution in [3.8, 4) is 6.07 Å². The van der Waals surface area contributed by atoms with Gasteiger partial charge in [0.05, 0.1) is 11.6 Å². The summed E-state index contributed by atoms with van der Waals surface area (Å²) in [6.45, 7) is 1.72. The fourth-order valence-electron chi connectivity index (χ4n) is 2.99. The highest BCUT2D eigenvalue weighted by Crippen LogP contribution is 2.08. The van der Waals surface area contributed by atoms with Crippen molar-refractivity contribution in [2.24, 2.45) is 0 Å². The van der Waals surface area contributed by atoms with Gasteiger partial charge in [-0.3, -0.25) is 0 Å². The molecule has 0 spiro atoms. The van der Waals surface area contributed by atoms with E-state index in [1.165, 1.54) is 5.56 Å². The first-order valence-electron chi connectivity index (χ1n) is 9.17. The van der Waals surface area contributed by atoms with Crippen LogP contribution in [0.4, 0.5) is 4.79 Å². The van der Waals surface area contributed by atoms with Crippen LogP contribution in [0.25, 0.3) is 0 Å². The van der Waals surface area contributed by atoms with E-state index >= 15 is 0 Å². The second-order valence-corrected chi connectivity index (χ2v) is 6.61. The molecule has 0 unspecified atom stereocenters. The second-order valence-electron chi connectivity index (χ2n) is 6.61. The maximum atomic E-state index is 12.3. The largest absolute Gasteiger partial charge is 0.338 e. The Balaban J connectivity index is 1.49. The predicted octanol–water partition coefficient (Wildman–Crippen LogP) is 3.19. The van der Waals surface area contributed by atoms with Crippen molar-refractivity contribution in [3.63, 3.8) is 0 Å². The van der Waals surface area contributed by atoms with Gasteiger partial charge in [0.25, 0.3) is 0 Å². The molecule has 0 atom stereocenters. The summed E-state index contributed by atoms with van der Waals surface area (Å²) in [7, 11) is 1.74. The first-order chi connectivity index (χ1) is 13.7. The Morgan fingerprint density at radius 3 is 2.75 bits per heavy atom. The average molecular weight is 373 g/mol. The maximum Gasteiger partial charge on any atom is 0.317 e. The lowest BCUT2D eigenvalue weighted by atomic mass is 10.1. The number of nitrogens with zero attached hydrogens (tertiary/aromatic N) is 4. The first-order valence-corrected chi connectivity index (χ1v) is 9.17. The zero-order valence-electron chi connectivity index (χ0n) is 15.9. The Labute approximate surface area is 165 Å². The van der Waals surface area contributed by atoms with Gasteiger partial charge >= 0.3 is 6.03 Å². The molecule has 142 valence electrons. The van der Waals surface area contributed by atoms with Crippen molar-refractivity contribution in [2.45, 2.75) is 19.5 Å². The maximum absolute atomic E-state index is 12.3. The molecule has 1 heterocycles. The molecule has 3 rings (SSSR count). The third-order valence-corrected chi connectivity index (χ3v) is 4.44. The summed E-state index contributed by atoms with van der Waals surface area (Å²) in [6, 6.07) is 19.5. The van der Waals surface area contributed by atoms with Gasteiger partial charge in [-0.1, -0.05) is 42.5 Å². The van der Waals surface area contributed by atoms with Crippen LogP contribution >= 0.6 is 0 Å². The minimum atomic E-state index is -0.150. The van der Waals surface area contributed by atoms with Crippen LogP contribution < -0.4 is 5.32 Å². The Bertz CT molecular complexity index is 958. The lowest BCUT2D eigenvalue weighted by Crippen LogP contribution is -2.38. The van der Waals surface area contributed by atoms with Crippen LogP contribution in [0.2, 0.25) is 0 Å². The van der Waals surface area contributed by atoms with E-state index in [9.17, 15) is 4.79 Å².